The lowest BCUT2D eigenvalue weighted by Gasteiger charge is -2.19. The Morgan fingerprint density at radius 2 is 1.91 bits per heavy atom. The topological polar surface area (TPSA) is 77.8 Å². The maximum atomic E-state index is 12.4. The van der Waals surface area contributed by atoms with Crippen molar-refractivity contribution in [3.63, 3.8) is 0 Å². The van der Waals surface area contributed by atoms with Gasteiger partial charge >= 0.3 is 0 Å². The molecule has 33 heavy (non-hydrogen) atoms. The van der Waals surface area contributed by atoms with Crippen LogP contribution in [0, 0.1) is 0 Å². The van der Waals surface area contributed by atoms with Crippen molar-refractivity contribution in [3.8, 4) is 11.3 Å². The molecule has 1 aromatic carbocycles. The van der Waals surface area contributed by atoms with Gasteiger partial charge in [-0.1, -0.05) is 68.4 Å². The first-order valence-electron chi connectivity index (χ1n) is 12.0. The molecular formula is C24H35N7OS. The summed E-state index contributed by atoms with van der Waals surface area (Å²) in [5.41, 5.74) is 2.02. The smallest absolute Gasteiger partial charge is 0.239 e. The molecule has 1 aliphatic carbocycles. The fraction of sp³-hybridized carbons (Fsp3) is 0.542. The molecule has 8 nitrogen and oxygen atoms in total. The highest BCUT2D eigenvalue weighted by Gasteiger charge is 2.23. The van der Waals surface area contributed by atoms with Crippen molar-refractivity contribution in [1.29, 1.82) is 0 Å². The second kappa shape index (κ2) is 11.0. The molecule has 2 N–H and O–H groups in total. The van der Waals surface area contributed by atoms with Crippen molar-refractivity contribution in [2.24, 2.45) is 0 Å². The van der Waals surface area contributed by atoms with Crippen LogP contribution in [0.2, 0.25) is 0 Å². The summed E-state index contributed by atoms with van der Waals surface area (Å²) in [5.74, 6) is 0.953. The van der Waals surface area contributed by atoms with Gasteiger partial charge in [-0.3, -0.25) is 4.79 Å². The zero-order chi connectivity index (χ0) is 23.2. The molecule has 1 fully saturated rings. The Kier molecular flexibility index (Phi) is 7.82. The molecule has 0 unspecified atom stereocenters. The maximum absolute atomic E-state index is 12.4. The highest BCUT2D eigenvalue weighted by molar-refractivity contribution is 7.20. The molecule has 0 atom stereocenters. The second-order valence-electron chi connectivity index (χ2n) is 8.61. The van der Waals surface area contributed by atoms with Gasteiger partial charge in [-0.05, 0) is 25.9 Å². The summed E-state index contributed by atoms with van der Waals surface area (Å²) in [5, 5.41) is 12.4. The molecule has 2 aromatic heterocycles. The molecule has 0 saturated heterocycles. The van der Waals surface area contributed by atoms with E-state index in [4.69, 9.17) is 10.1 Å². The summed E-state index contributed by atoms with van der Waals surface area (Å²) < 4.78 is 1.91. The predicted molar refractivity (Wildman–Crippen MR) is 136 cm³/mol. The van der Waals surface area contributed by atoms with Crippen molar-refractivity contribution in [1.82, 2.24) is 24.8 Å². The van der Waals surface area contributed by atoms with Gasteiger partial charge in [0.2, 0.25) is 16.0 Å². The highest BCUT2D eigenvalue weighted by atomic mass is 32.1. The summed E-state index contributed by atoms with van der Waals surface area (Å²) in [6.45, 7) is 8.05. The Morgan fingerprint density at radius 3 is 2.61 bits per heavy atom. The molecule has 1 saturated carbocycles. The van der Waals surface area contributed by atoms with E-state index in [1.807, 2.05) is 34.7 Å². The van der Waals surface area contributed by atoms with Crippen LogP contribution in [-0.4, -0.2) is 71.2 Å². The number of hydrogen-bond acceptors (Lipinski definition) is 7. The minimum atomic E-state index is 0.00627. The molecule has 9 heteroatoms. The number of hydrogen-bond donors (Lipinski definition) is 2. The SMILES string of the molecule is CCN(CC)CCNC(=O)CN(C)c1nn2c(NC3CCCC3)c(-c3ccccc3)nc2s1. The number of benzene rings is 1. The van der Waals surface area contributed by atoms with Crippen LogP contribution in [0.4, 0.5) is 10.9 Å². The highest BCUT2D eigenvalue weighted by Crippen LogP contribution is 2.34. The molecule has 3 aromatic rings. The lowest BCUT2D eigenvalue weighted by atomic mass is 10.1. The van der Waals surface area contributed by atoms with Gasteiger partial charge in [0.05, 0.1) is 6.54 Å². The number of rotatable bonds is 11. The minimum absolute atomic E-state index is 0.00627. The number of carbonyl (C=O) groups excluding carboxylic acids is 1. The van der Waals surface area contributed by atoms with Gasteiger partial charge < -0.3 is 20.4 Å². The molecular weight excluding hydrogens is 434 g/mol. The first-order valence-corrected chi connectivity index (χ1v) is 12.8. The van der Waals surface area contributed by atoms with Gasteiger partial charge in [-0.15, -0.1) is 5.10 Å². The van der Waals surface area contributed by atoms with E-state index in [1.54, 1.807) is 0 Å². The van der Waals surface area contributed by atoms with E-state index in [-0.39, 0.29) is 12.5 Å². The Morgan fingerprint density at radius 1 is 1.18 bits per heavy atom. The van der Waals surface area contributed by atoms with Gasteiger partial charge in [0.25, 0.3) is 0 Å². The third-order valence-electron chi connectivity index (χ3n) is 6.29. The average Bonchev–Trinajstić information content (AvgIpc) is 3.55. The van der Waals surface area contributed by atoms with Gasteiger partial charge in [0.15, 0.2) is 5.82 Å². The molecule has 0 spiro atoms. The fourth-order valence-corrected chi connectivity index (χ4v) is 5.18. The maximum Gasteiger partial charge on any atom is 0.239 e. The van der Waals surface area contributed by atoms with E-state index in [2.05, 4.69) is 41.5 Å². The number of imidazole rings is 1. The normalized spacial score (nSPS) is 14.3. The zero-order valence-electron chi connectivity index (χ0n) is 19.9. The Bertz CT molecular complexity index is 1040. The first-order chi connectivity index (χ1) is 16.1. The third-order valence-corrected chi connectivity index (χ3v) is 7.31. The van der Waals surface area contributed by atoms with Crippen LogP contribution in [0.3, 0.4) is 0 Å². The van der Waals surface area contributed by atoms with E-state index in [1.165, 1.54) is 37.0 Å². The fourth-order valence-electron chi connectivity index (χ4n) is 4.32. The van der Waals surface area contributed by atoms with E-state index < -0.39 is 0 Å². The van der Waals surface area contributed by atoms with Crippen molar-refractivity contribution in [3.05, 3.63) is 30.3 Å². The summed E-state index contributed by atoms with van der Waals surface area (Å²) in [6.07, 6.45) is 4.86. The predicted octanol–water partition coefficient (Wildman–Crippen LogP) is 3.71. The average molecular weight is 470 g/mol. The van der Waals surface area contributed by atoms with Crippen LogP contribution in [0.5, 0.6) is 0 Å². The van der Waals surface area contributed by atoms with Crippen LogP contribution in [0.1, 0.15) is 39.5 Å². The zero-order valence-corrected chi connectivity index (χ0v) is 20.7. The quantitative estimate of drug-likeness (QED) is 0.446. The number of carbonyl (C=O) groups is 1. The molecule has 0 radical (unpaired) electrons. The van der Waals surface area contributed by atoms with Crippen LogP contribution in [0.25, 0.3) is 16.2 Å². The lowest BCUT2D eigenvalue weighted by Crippen LogP contribution is -2.39. The van der Waals surface area contributed by atoms with E-state index in [0.29, 0.717) is 12.6 Å². The number of nitrogens with zero attached hydrogens (tertiary/aromatic N) is 5. The van der Waals surface area contributed by atoms with Crippen molar-refractivity contribution in [2.75, 3.05) is 50.0 Å². The van der Waals surface area contributed by atoms with Crippen LogP contribution in [-0.2, 0) is 4.79 Å². The monoisotopic (exact) mass is 469 g/mol. The first kappa shape index (κ1) is 23.5. The third kappa shape index (κ3) is 5.65. The molecule has 0 bridgehead atoms. The Balaban J connectivity index is 1.49. The summed E-state index contributed by atoms with van der Waals surface area (Å²) >= 11 is 1.51. The Hall–Kier alpha value is -2.65. The van der Waals surface area contributed by atoms with Gasteiger partial charge in [0.1, 0.15) is 5.69 Å². The lowest BCUT2D eigenvalue weighted by molar-refractivity contribution is -0.119. The second-order valence-corrected chi connectivity index (χ2v) is 9.55. The van der Waals surface area contributed by atoms with Gasteiger partial charge in [-0.25, -0.2) is 4.98 Å². The van der Waals surface area contributed by atoms with Crippen molar-refractivity contribution >= 4 is 33.2 Å². The molecule has 178 valence electrons. The number of nitrogens with one attached hydrogen (secondary N) is 2. The summed E-state index contributed by atoms with van der Waals surface area (Å²) in [7, 11) is 1.91. The van der Waals surface area contributed by atoms with Crippen LogP contribution in [0.15, 0.2) is 30.3 Å². The number of aromatic nitrogens is 3. The molecule has 2 heterocycles. The standard InChI is InChI=1S/C24H35N7OS/c1-4-30(5-2)16-15-25-20(32)17-29(3)24-28-31-22(26-19-13-9-10-14-19)21(27-23(31)33-24)18-11-7-6-8-12-18/h6-8,11-12,19,26H,4-5,9-10,13-17H2,1-3H3,(H,25,32). The largest absolute Gasteiger partial charge is 0.365 e. The number of fused-ring (bicyclic) bond motifs is 1. The molecule has 0 aliphatic heterocycles. The van der Waals surface area contributed by atoms with E-state index in [9.17, 15) is 4.79 Å². The molecule has 1 amide bonds. The van der Waals surface area contributed by atoms with E-state index >= 15 is 0 Å². The number of likely N-dealkylation sites (N-methyl/N-ethyl adjacent to an activating group) is 2. The molecule has 1 aliphatic rings. The number of amides is 1. The Labute approximate surface area is 200 Å². The van der Waals surface area contributed by atoms with Gasteiger partial charge in [0, 0.05) is 31.7 Å². The van der Waals surface area contributed by atoms with E-state index in [0.717, 1.165) is 46.8 Å². The minimum Gasteiger partial charge on any atom is -0.365 e. The van der Waals surface area contributed by atoms with Gasteiger partial charge in [-0.2, -0.15) is 4.52 Å². The van der Waals surface area contributed by atoms with Crippen molar-refractivity contribution in [2.45, 2.75) is 45.6 Å². The van der Waals surface area contributed by atoms with Crippen molar-refractivity contribution < 1.29 is 4.79 Å². The summed E-state index contributed by atoms with van der Waals surface area (Å²) in [6, 6.07) is 10.7. The number of anilines is 2. The molecule has 4 rings (SSSR count). The summed E-state index contributed by atoms with van der Waals surface area (Å²) in [4.78, 5) is 22.4. The van der Waals surface area contributed by atoms with Crippen LogP contribution >= 0.6 is 11.3 Å². The van der Waals surface area contributed by atoms with Crippen LogP contribution < -0.4 is 15.5 Å².